The number of halogens is 2. The average molecular weight is 324 g/mol. The van der Waals surface area contributed by atoms with Crippen molar-refractivity contribution in [2.45, 2.75) is 18.9 Å². The number of rotatable bonds is 8. The number of hydrogen-bond donors (Lipinski definition) is 5. The number of aliphatic hydroxyl groups is 3. The predicted octanol–water partition coefficient (Wildman–Crippen LogP) is 1.34. The van der Waals surface area contributed by atoms with Crippen LogP contribution in [0, 0.1) is 0 Å². The highest BCUT2D eigenvalue weighted by Gasteiger charge is 2.29. The van der Waals surface area contributed by atoms with Gasteiger partial charge in [-0.2, -0.15) is 0 Å². The van der Waals surface area contributed by atoms with E-state index in [9.17, 15) is 15.3 Å². The second-order valence-corrected chi connectivity index (χ2v) is 5.27. The molecule has 1 heterocycles. The molecule has 20 heavy (non-hydrogen) atoms. The van der Waals surface area contributed by atoms with Crippen molar-refractivity contribution < 1.29 is 15.3 Å². The number of nitrogens with one attached hydrogen (secondary N) is 2. The molecular formula is C12H19Cl2N3O3. The number of pyridine rings is 1. The SMILES string of the molecule is CCCNc1nc(NC(CO)(CO)CO)c(Cl)cc1Cl. The lowest BCUT2D eigenvalue weighted by molar-refractivity contribution is 0.0831. The lowest BCUT2D eigenvalue weighted by atomic mass is 10.0. The third-order valence-corrected chi connectivity index (χ3v) is 3.34. The van der Waals surface area contributed by atoms with Gasteiger partial charge < -0.3 is 26.0 Å². The summed E-state index contributed by atoms with van der Waals surface area (Å²) in [4.78, 5) is 4.22. The first kappa shape index (κ1) is 17.3. The summed E-state index contributed by atoms with van der Waals surface area (Å²) < 4.78 is 0. The van der Waals surface area contributed by atoms with Crippen molar-refractivity contribution in [2.75, 3.05) is 37.0 Å². The molecule has 0 aliphatic carbocycles. The van der Waals surface area contributed by atoms with E-state index < -0.39 is 25.4 Å². The van der Waals surface area contributed by atoms with Gasteiger partial charge in [-0.1, -0.05) is 30.1 Å². The van der Waals surface area contributed by atoms with Crippen LogP contribution in [0.25, 0.3) is 0 Å². The van der Waals surface area contributed by atoms with Crippen LogP contribution in [0.2, 0.25) is 10.0 Å². The number of aliphatic hydroxyl groups excluding tert-OH is 3. The minimum Gasteiger partial charge on any atom is -0.394 e. The van der Waals surface area contributed by atoms with Crippen LogP contribution in [-0.4, -0.2) is 52.2 Å². The highest BCUT2D eigenvalue weighted by molar-refractivity contribution is 6.37. The molecule has 0 amide bonds. The molecule has 0 saturated carbocycles. The first-order valence-electron chi connectivity index (χ1n) is 6.22. The standard InChI is InChI=1S/C12H19Cl2N3O3/c1-2-3-15-10-8(13)4-9(14)11(16-10)17-12(5-18,6-19)7-20/h4,18-20H,2-3,5-7H2,1H3,(H2,15,16,17). The molecule has 0 spiro atoms. The third-order valence-electron chi connectivity index (χ3n) is 2.76. The fourth-order valence-electron chi connectivity index (χ4n) is 1.44. The molecule has 0 saturated heterocycles. The fraction of sp³-hybridized carbons (Fsp3) is 0.583. The van der Waals surface area contributed by atoms with Crippen molar-refractivity contribution in [1.29, 1.82) is 0 Å². The van der Waals surface area contributed by atoms with Crippen LogP contribution in [-0.2, 0) is 0 Å². The van der Waals surface area contributed by atoms with Crippen molar-refractivity contribution in [3.63, 3.8) is 0 Å². The summed E-state index contributed by atoms with van der Waals surface area (Å²) in [5.41, 5.74) is -1.30. The van der Waals surface area contributed by atoms with Crippen LogP contribution in [0.15, 0.2) is 6.07 Å². The lowest BCUT2D eigenvalue weighted by Crippen LogP contribution is -2.49. The highest BCUT2D eigenvalue weighted by atomic mass is 35.5. The summed E-state index contributed by atoms with van der Waals surface area (Å²) in [5, 5.41) is 34.3. The van der Waals surface area contributed by atoms with Gasteiger partial charge in [0.15, 0.2) is 0 Å². The molecule has 6 nitrogen and oxygen atoms in total. The molecule has 0 unspecified atom stereocenters. The summed E-state index contributed by atoms with van der Waals surface area (Å²) in [6.45, 7) is 1.28. The number of aromatic nitrogens is 1. The van der Waals surface area contributed by atoms with Gasteiger partial charge in [-0.3, -0.25) is 0 Å². The molecule has 0 atom stereocenters. The molecule has 8 heteroatoms. The molecule has 0 radical (unpaired) electrons. The maximum Gasteiger partial charge on any atom is 0.148 e. The predicted molar refractivity (Wildman–Crippen MR) is 80.6 cm³/mol. The Balaban J connectivity index is 3.04. The van der Waals surface area contributed by atoms with Crippen LogP contribution >= 0.6 is 23.2 Å². The van der Waals surface area contributed by atoms with Gasteiger partial charge in [0.25, 0.3) is 0 Å². The molecule has 0 bridgehead atoms. The van der Waals surface area contributed by atoms with Crippen molar-refractivity contribution in [3.8, 4) is 0 Å². The molecule has 114 valence electrons. The maximum atomic E-state index is 9.30. The monoisotopic (exact) mass is 323 g/mol. The minimum atomic E-state index is -1.30. The number of nitrogens with zero attached hydrogens (tertiary/aromatic N) is 1. The van der Waals surface area contributed by atoms with Crippen LogP contribution in [0.4, 0.5) is 11.6 Å². The van der Waals surface area contributed by atoms with Crippen LogP contribution in [0.1, 0.15) is 13.3 Å². The lowest BCUT2D eigenvalue weighted by Gasteiger charge is -2.29. The molecule has 1 rings (SSSR count). The van der Waals surface area contributed by atoms with E-state index in [4.69, 9.17) is 23.2 Å². The summed E-state index contributed by atoms with van der Waals surface area (Å²) in [7, 11) is 0. The van der Waals surface area contributed by atoms with Gasteiger partial charge in [0.2, 0.25) is 0 Å². The normalized spacial score (nSPS) is 11.5. The van der Waals surface area contributed by atoms with E-state index in [0.717, 1.165) is 6.42 Å². The summed E-state index contributed by atoms with van der Waals surface area (Å²) in [6.07, 6.45) is 0.900. The van der Waals surface area contributed by atoms with Crippen LogP contribution in [0.5, 0.6) is 0 Å². The highest BCUT2D eigenvalue weighted by Crippen LogP contribution is 2.30. The Labute approximate surface area is 127 Å². The Hall–Kier alpha value is -0.790. The third kappa shape index (κ3) is 4.10. The zero-order valence-electron chi connectivity index (χ0n) is 11.2. The number of hydrogen-bond acceptors (Lipinski definition) is 6. The van der Waals surface area contributed by atoms with Crippen LogP contribution in [0.3, 0.4) is 0 Å². The summed E-state index contributed by atoms with van der Waals surface area (Å²) in [6, 6.07) is 1.51. The van der Waals surface area contributed by atoms with Gasteiger partial charge >= 0.3 is 0 Å². The van der Waals surface area contributed by atoms with E-state index in [1.54, 1.807) is 0 Å². The van der Waals surface area contributed by atoms with Gasteiger partial charge in [-0.25, -0.2) is 4.98 Å². The second kappa shape index (κ2) is 7.85. The molecule has 1 aromatic heterocycles. The molecule has 0 aliphatic rings. The summed E-state index contributed by atoms with van der Waals surface area (Å²) >= 11 is 12.1. The van der Waals surface area contributed by atoms with Gasteiger partial charge in [0.1, 0.15) is 17.2 Å². The van der Waals surface area contributed by atoms with E-state index >= 15 is 0 Å². The molecule has 0 aliphatic heterocycles. The van der Waals surface area contributed by atoms with Crippen molar-refractivity contribution in [1.82, 2.24) is 4.98 Å². The largest absolute Gasteiger partial charge is 0.394 e. The van der Waals surface area contributed by atoms with Crippen molar-refractivity contribution in [2.24, 2.45) is 0 Å². The first-order valence-corrected chi connectivity index (χ1v) is 6.98. The first-order chi connectivity index (χ1) is 9.51. The van der Waals surface area contributed by atoms with Gasteiger partial charge in [-0.15, -0.1) is 0 Å². The van der Waals surface area contributed by atoms with Gasteiger partial charge in [-0.05, 0) is 12.5 Å². The van der Waals surface area contributed by atoms with Crippen LogP contribution < -0.4 is 10.6 Å². The summed E-state index contributed by atoms with van der Waals surface area (Å²) in [5.74, 6) is 0.676. The Bertz CT molecular complexity index is 434. The zero-order valence-corrected chi connectivity index (χ0v) is 12.7. The van der Waals surface area contributed by atoms with Gasteiger partial charge in [0.05, 0.1) is 29.9 Å². The average Bonchev–Trinajstić information content (AvgIpc) is 2.46. The van der Waals surface area contributed by atoms with E-state index in [0.29, 0.717) is 17.4 Å². The Morgan fingerprint density at radius 2 is 1.65 bits per heavy atom. The van der Waals surface area contributed by atoms with E-state index in [2.05, 4.69) is 15.6 Å². The molecule has 0 fully saturated rings. The molecule has 5 N–H and O–H groups in total. The second-order valence-electron chi connectivity index (χ2n) is 4.46. The van der Waals surface area contributed by atoms with Crippen molar-refractivity contribution in [3.05, 3.63) is 16.1 Å². The zero-order chi connectivity index (χ0) is 15.2. The molecule has 0 aromatic carbocycles. The molecular weight excluding hydrogens is 305 g/mol. The van der Waals surface area contributed by atoms with E-state index in [1.165, 1.54) is 6.07 Å². The quantitative estimate of drug-likeness (QED) is 0.495. The minimum absolute atomic E-state index is 0.229. The smallest absolute Gasteiger partial charge is 0.148 e. The Kier molecular flexibility index (Phi) is 6.78. The fourth-order valence-corrected chi connectivity index (χ4v) is 1.91. The van der Waals surface area contributed by atoms with E-state index in [-0.39, 0.29) is 10.8 Å². The topological polar surface area (TPSA) is 97.6 Å². The van der Waals surface area contributed by atoms with E-state index in [1.807, 2.05) is 6.92 Å². The van der Waals surface area contributed by atoms with Crippen molar-refractivity contribution >= 4 is 34.8 Å². The Morgan fingerprint density at radius 3 is 2.15 bits per heavy atom. The van der Waals surface area contributed by atoms with Gasteiger partial charge in [0, 0.05) is 6.54 Å². The Morgan fingerprint density at radius 1 is 1.10 bits per heavy atom. The maximum absolute atomic E-state index is 9.30. The molecule has 1 aromatic rings. The number of anilines is 2.